The minimum atomic E-state index is -1.01. The third kappa shape index (κ3) is 2.68. The van der Waals surface area contributed by atoms with Crippen molar-refractivity contribution in [2.45, 2.75) is 6.92 Å². The fourth-order valence-corrected chi connectivity index (χ4v) is 1.87. The Morgan fingerprint density at radius 2 is 1.84 bits per heavy atom. The SMILES string of the molecule is Cc1ccc(-c2cccc(C(=O)O)c2)cc1C(=N)F. The van der Waals surface area contributed by atoms with Crippen LogP contribution < -0.4 is 0 Å². The van der Waals surface area contributed by atoms with Gasteiger partial charge in [-0.3, -0.25) is 5.41 Å². The molecule has 96 valence electrons. The van der Waals surface area contributed by atoms with E-state index in [9.17, 15) is 9.18 Å². The summed E-state index contributed by atoms with van der Waals surface area (Å²) in [7, 11) is 0. The molecule has 0 fully saturated rings. The zero-order chi connectivity index (χ0) is 14.0. The van der Waals surface area contributed by atoms with E-state index in [1.807, 2.05) is 0 Å². The van der Waals surface area contributed by atoms with E-state index in [0.29, 0.717) is 16.7 Å². The number of aryl methyl sites for hydroxylation is 1. The van der Waals surface area contributed by atoms with Crippen molar-refractivity contribution < 1.29 is 14.3 Å². The summed E-state index contributed by atoms with van der Waals surface area (Å²) in [6.07, 6.45) is 0. The highest BCUT2D eigenvalue weighted by Crippen LogP contribution is 2.24. The van der Waals surface area contributed by atoms with E-state index >= 15 is 0 Å². The molecular formula is C15H12FNO2. The first-order valence-electron chi connectivity index (χ1n) is 5.68. The standard InChI is InChI=1S/C15H12FNO2/c1-9-5-6-11(8-13(9)14(16)17)10-3-2-4-12(7-10)15(18)19/h2-8,17H,1H3,(H,18,19). The van der Waals surface area contributed by atoms with Gasteiger partial charge in [-0.25, -0.2) is 4.79 Å². The number of benzene rings is 2. The Hall–Kier alpha value is -2.49. The summed E-state index contributed by atoms with van der Waals surface area (Å²) in [6, 6.07) is 11.5. The van der Waals surface area contributed by atoms with Crippen LogP contribution >= 0.6 is 0 Å². The number of hydrogen-bond acceptors (Lipinski definition) is 2. The summed E-state index contributed by atoms with van der Waals surface area (Å²) in [6.45, 7) is 1.72. The Morgan fingerprint density at radius 1 is 1.16 bits per heavy atom. The molecule has 2 aromatic rings. The van der Waals surface area contributed by atoms with Gasteiger partial charge in [-0.2, -0.15) is 4.39 Å². The number of carboxylic acids is 1. The first kappa shape index (κ1) is 13.0. The van der Waals surface area contributed by atoms with E-state index in [2.05, 4.69) is 0 Å². The highest BCUT2D eigenvalue weighted by molar-refractivity contribution is 5.94. The third-order valence-electron chi connectivity index (χ3n) is 2.92. The Bertz CT molecular complexity index is 665. The van der Waals surface area contributed by atoms with E-state index in [0.717, 1.165) is 0 Å². The maximum Gasteiger partial charge on any atom is 0.335 e. The quantitative estimate of drug-likeness (QED) is 0.824. The fraction of sp³-hybridized carbons (Fsp3) is 0.0667. The van der Waals surface area contributed by atoms with Crippen molar-refractivity contribution in [3.63, 3.8) is 0 Å². The highest BCUT2D eigenvalue weighted by Gasteiger charge is 2.09. The van der Waals surface area contributed by atoms with Crippen LogP contribution in [0.5, 0.6) is 0 Å². The summed E-state index contributed by atoms with van der Waals surface area (Å²) >= 11 is 0. The van der Waals surface area contributed by atoms with Gasteiger partial charge in [0.15, 0.2) is 0 Å². The number of rotatable bonds is 3. The molecule has 0 atom stereocenters. The molecule has 0 heterocycles. The van der Waals surface area contributed by atoms with Gasteiger partial charge in [0.1, 0.15) is 0 Å². The average molecular weight is 257 g/mol. The number of nitrogens with one attached hydrogen (secondary N) is 1. The molecule has 0 unspecified atom stereocenters. The molecule has 0 bridgehead atoms. The van der Waals surface area contributed by atoms with Crippen molar-refractivity contribution in [3.8, 4) is 11.1 Å². The molecule has 0 aromatic heterocycles. The van der Waals surface area contributed by atoms with Crippen LogP contribution in [0.4, 0.5) is 4.39 Å². The van der Waals surface area contributed by atoms with E-state index in [-0.39, 0.29) is 11.1 Å². The molecule has 0 radical (unpaired) electrons. The predicted molar refractivity (Wildman–Crippen MR) is 71.5 cm³/mol. The lowest BCUT2D eigenvalue weighted by atomic mass is 9.98. The van der Waals surface area contributed by atoms with Gasteiger partial charge in [-0.1, -0.05) is 24.3 Å². The number of carbonyl (C=O) groups is 1. The lowest BCUT2D eigenvalue weighted by Gasteiger charge is -2.07. The average Bonchev–Trinajstić information content (AvgIpc) is 2.39. The van der Waals surface area contributed by atoms with Gasteiger partial charge < -0.3 is 5.11 Å². The molecule has 0 aliphatic heterocycles. The van der Waals surface area contributed by atoms with Crippen molar-refractivity contribution in [3.05, 3.63) is 59.2 Å². The van der Waals surface area contributed by atoms with Gasteiger partial charge in [0, 0.05) is 5.56 Å². The molecule has 19 heavy (non-hydrogen) atoms. The Kier molecular flexibility index (Phi) is 3.42. The predicted octanol–water partition coefficient (Wildman–Crippen LogP) is 3.66. The summed E-state index contributed by atoms with van der Waals surface area (Å²) in [4.78, 5) is 10.9. The topological polar surface area (TPSA) is 61.1 Å². The number of aromatic carboxylic acids is 1. The number of halogens is 1. The fourth-order valence-electron chi connectivity index (χ4n) is 1.87. The van der Waals surface area contributed by atoms with Gasteiger partial charge in [0.25, 0.3) is 0 Å². The van der Waals surface area contributed by atoms with Crippen LogP contribution in [0, 0.1) is 12.3 Å². The van der Waals surface area contributed by atoms with Gasteiger partial charge >= 0.3 is 5.97 Å². The Balaban J connectivity index is 2.53. The van der Waals surface area contributed by atoms with Crippen LogP contribution in [0.3, 0.4) is 0 Å². The van der Waals surface area contributed by atoms with Crippen LogP contribution in [0.1, 0.15) is 21.5 Å². The van der Waals surface area contributed by atoms with Crippen LogP contribution in [0.25, 0.3) is 11.1 Å². The van der Waals surface area contributed by atoms with Crippen molar-refractivity contribution >= 4 is 11.9 Å². The molecule has 4 heteroatoms. The van der Waals surface area contributed by atoms with Gasteiger partial charge in [-0.15, -0.1) is 0 Å². The Labute approximate surface area is 109 Å². The van der Waals surface area contributed by atoms with Gasteiger partial charge in [-0.05, 0) is 41.8 Å². The lowest BCUT2D eigenvalue weighted by Crippen LogP contribution is -1.97. The second kappa shape index (κ2) is 5.02. The lowest BCUT2D eigenvalue weighted by molar-refractivity contribution is 0.0697. The zero-order valence-corrected chi connectivity index (χ0v) is 10.3. The molecule has 0 aliphatic rings. The molecule has 2 aromatic carbocycles. The second-order valence-electron chi connectivity index (χ2n) is 4.23. The maximum atomic E-state index is 13.1. The summed E-state index contributed by atoms with van der Waals surface area (Å²) in [5.74, 6) is -2.00. The van der Waals surface area contributed by atoms with E-state index in [1.165, 1.54) is 12.1 Å². The van der Waals surface area contributed by atoms with E-state index in [1.54, 1.807) is 37.3 Å². The van der Waals surface area contributed by atoms with Crippen molar-refractivity contribution in [2.24, 2.45) is 0 Å². The molecule has 3 nitrogen and oxygen atoms in total. The van der Waals surface area contributed by atoms with Crippen LogP contribution in [-0.4, -0.2) is 17.0 Å². The summed E-state index contributed by atoms with van der Waals surface area (Å²) in [5.41, 5.74) is 2.44. The van der Waals surface area contributed by atoms with Crippen LogP contribution in [0.15, 0.2) is 42.5 Å². The maximum absolute atomic E-state index is 13.1. The molecule has 0 spiro atoms. The molecular weight excluding hydrogens is 245 g/mol. The van der Waals surface area contributed by atoms with Crippen LogP contribution in [0.2, 0.25) is 0 Å². The van der Waals surface area contributed by atoms with Crippen molar-refractivity contribution in [1.82, 2.24) is 0 Å². The molecule has 0 saturated heterocycles. The zero-order valence-electron chi connectivity index (χ0n) is 10.3. The minimum Gasteiger partial charge on any atom is -0.478 e. The van der Waals surface area contributed by atoms with E-state index < -0.39 is 11.9 Å². The van der Waals surface area contributed by atoms with E-state index in [4.69, 9.17) is 10.5 Å². The first-order valence-corrected chi connectivity index (χ1v) is 5.68. The van der Waals surface area contributed by atoms with Crippen molar-refractivity contribution in [2.75, 3.05) is 0 Å². The van der Waals surface area contributed by atoms with Crippen LogP contribution in [-0.2, 0) is 0 Å². The molecule has 2 rings (SSSR count). The highest BCUT2D eigenvalue weighted by atomic mass is 19.1. The number of hydrogen-bond donors (Lipinski definition) is 2. The minimum absolute atomic E-state index is 0.176. The normalized spacial score (nSPS) is 10.2. The molecule has 0 aliphatic carbocycles. The second-order valence-corrected chi connectivity index (χ2v) is 4.23. The molecule has 0 saturated carbocycles. The van der Waals surface area contributed by atoms with Gasteiger partial charge in [0.2, 0.25) is 5.97 Å². The number of carboxylic acid groups (broad SMARTS) is 1. The molecule has 2 N–H and O–H groups in total. The Morgan fingerprint density at radius 3 is 2.47 bits per heavy atom. The monoisotopic (exact) mass is 257 g/mol. The van der Waals surface area contributed by atoms with Gasteiger partial charge in [0.05, 0.1) is 5.56 Å². The molecule has 0 amide bonds. The smallest absolute Gasteiger partial charge is 0.335 e. The largest absolute Gasteiger partial charge is 0.478 e. The third-order valence-corrected chi connectivity index (χ3v) is 2.92. The first-order chi connectivity index (χ1) is 8.99. The summed E-state index contributed by atoms with van der Waals surface area (Å²) < 4.78 is 13.1. The van der Waals surface area contributed by atoms with Crippen molar-refractivity contribution in [1.29, 1.82) is 5.41 Å². The summed E-state index contributed by atoms with van der Waals surface area (Å²) in [5, 5.41) is 16.0.